The highest BCUT2D eigenvalue weighted by Gasteiger charge is 2.57. The van der Waals surface area contributed by atoms with E-state index in [4.69, 9.17) is 5.73 Å². The van der Waals surface area contributed by atoms with Gasteiger partial charge in [-0.05, 0) is 12.0 Å². The average Bonchev–Trinajstić information content (AvgIpc) is 2.82. The molecule has 1 aliphatic heterocycles. The van der Waals surface area contributed by atoms with E-state index in [1.807, 2.05) is 6.07 Å². The van der Waals surface area contributed by atoms with E-state index in [0.717, 1.165) is 10.5 Å². The van der Waals surface area contributed by atoms with Gasteiger partial charge in [-0.3, -0.25) is 4.79 Å². The number of halogens is 3. The van der Waals surface area contributed by atoms with Gasteiger partial charge in [0.15, 0.2) is 5.60 Å². The number of likely N-dealkylation sites (tertiary alicyclic amines) is 1. The summed E-state index contributed by atoms with van der Waals surface area (Å²) in [4.78, 5) is 13.1. The molecule has 4 nitrogen and oxygen atoms in total. The highest BCUT2D eigenvalue weighted by molar-refractivity contribution is 5.82. The molecule has 21 heavy (non-hydrogen) atoms. The minimum atomic E-state index is -4.74. The number of hydrogen-bond acceptors (Lipinski definition) is 3. The van der Waals surface area contributed by atoms with Crippen molar-refractivity contribution in [1.82, 2.24) is 4.90 Å². The molecule has 2 rings (SSSR count). The number of rotatable bonds is 3. The zero-order valence-electron chi connectivity index (χ0n) is 11.3. The number of benzene rings is 1. The van der Waals surface area contributed by atoms with E-state index in [-0.39, 0.29) is 13.0 Å². The number of amides is 1. The van der Waals surface area contributed by atoms with Crippen molar-refractivity contribution in [2.75, 3.05) is 13.1 Å². The average molecular weight is 302 g/mol. The molecule has 1 aromatic rings. The summed E-state index contributed by atoms with van der Waals surface area (Å²) in [6, 6.07) is 8.09. The lowest BCUT2D eigenvalue weighted by Crippen LogP contribution is -2.50. The molecule has 1 aromatic carbocycles. The minimum Gasteiger partial charge on any atom is -0.379 e. The molecule has 1 heterocycles. The Bertz CT molecular complexity index is 507. The van der Waals surface area contributed by atoms with Crippen LogP contribution in [0.5, 0.6) is 0 Å². The quantitative estimate of drug-likeness (QED) is 0.878. The molecule has 3 N–H and O–H groups in total. The van der Waals surface area contributed by atoms with E-state index in [1.54, 1.807) is 24.3 Å². The van der Waals surface area contributed by atoms with Crippen molar-refractivity contribution in [3.05, 3.63) is 35.9 Å². The number of carbonyl (C=O) groups excluding carboxylic acids is 1. The first-order valence-electron chi connectivity index (χ1n) is 6.60. The highest BCUT2D eigenvalue weighted by Crippen LogP contribution is 2.37. The fourth-order valence-electron chi connectivity index (χ4n) is 2.40. The van der Waals surface area contributed by atoms with Crippen molar-refractivity contribution >= 4 is 5.91 Å². The molecule has 1 fully saturated rings. The van der Waals surface area contributed by atoms with Crippen molar-refractivity contribution in [2.24, 2.45) is 5.73 Å². The summed E-state index contributed by atoms with van der Waals surface area (Å²) >= 11 is 0. The van der Waals surface area contributed by atoms with Gasteiger partial charge in [-0.15, -0.1) is 0 Å². The largest absolute Gasteiger partial charge is 0.419 e. The fourth-order valence-corrected chi connectivity index (χ4v) is 2.40. The van der Waals surface area contributed by atoms with Crippen molar-refractivity contribution < 1.29 is 23.1 Å². The zero-order chi connectivity index (χ0) is 15.7. The van der Waals surface area contributed by atoms with Crippen LogP contribution in [-0.2, 0) is 11.2 Å². The Kier molecular flexibility index (Phi) is 4.25. The number of hydrogen-bond donors (Lipinski definition) is 2. The molecule has 0 aromatic heterocycles. The Balaban J connectivity index is 1.98. The van der Waals surface area contributed by atoms with Crippen LogP contribution in [0.3, 0.4) is 0 Å². The summed E-state index contributed by atoms with van der Waals surface area (Å²) in [5.41, 5.74) is 3.79. The maximum atomic E-state index is 12.7. The molecule has 0 saturated carbocycles. The molecule has 0 radical (unpaired) electrons. The Morgan fingerprint density at radius 3 is 2.52 bits per heavy atom. The maximum absolute atomic E-state index is 12.7. The molecular formula is C14H17F3N2O2. The third kappa shape index (κ3) is 3.36. The topological polar surface area (TPSA) is 66.6 Å². The predicted molar refractivity (Wildman–Crippen MR) is 70.3 cm³/mol. The number of nitrogens with two attached hydrogens (primary N) is 1. The highest BCUT2D eigenvalue weighted by atomic mass is 19.4. The van der Waals surface area contributed by atoms with E-state index < -0.39 is 36.7 Å². The van der Waals surface area contributed by atoms with Crippen LogP contribution in [0.1, 0.15) is 12.0 Å². The third-order valence-corrected chi connectivity index (χ3v) is 3.70. The van der Waals surface area contributed by atoms with Gasteiger partial charge >= 0.3 is 6.18 Å². The molecule has 0 spiro atoms. The van der Waals surface area contributed by atoms with E-state index in [1.165, 1.54) is 0 Å². The Morgan fingerprint density at radius 2 is 2.00 bits per heavy atom. The van der Waals surface area contributed by atoms with E-state index in [2.05, 4.69) is 0 Å². The first-order chi connectivity index (χ1) is 9.73. The second-order valence-electron chi connectivity index (χ2n) is 5.34. The van der Waals surface area contributed by atoms with Crippen molar-refractivity contribution in [2.45, 2.75) is 30.7 Å². The summed E-state index contributed by atoms with van der Waals surface area (Å²) in [5, 5.41) is 9.56. The van der Waals surface area contributed by atoms with Gasteiger partial charge in [-0.1, -0.05) is 30.3 Å². The Hall–Kier alpha value is -1.60. The van der Waals surface area contributed by atoms with Gasteiger partial charge in [0.1, 0.15) is 0 Å². The summed E-state index contributed by atoms with van der Waals surface area (Å²) < 4.78 is 38.1. The molecule has 1 saturated heterocycles. The molecule has 7 heteroatoms. The SMILES string of the molecule is N[C@@H](Cc1ccccc1)C(=O)N1CC[C@@](O)(C(F)(F)F)C1. The Morgan fingerprint density at radius 1 is 1.38 bits per heavy atom. The van der Waals surface area contributed by atoms with E-state index >= 15 is 0 Å². The second kappa shape index (κ2) is 5.65. The smallest absolute Gasteiger partial charge is 0.379 e. The van der Waals surface area contributed by atoms with Crippen LogP contribution in [0.25, 0.3) is 0 Å². The van der Waals surface area contributed by atoms with Crippen molar-refractivity contribution in [3.8, 4) is 0 Å². The number of nitrogens with zero attached hydrogens (tertiary/aromatic N) is 1. The molecule has 0 bridgehead atoms. The van der Waals surface area contributed by atoms with Crippen LogP contribution in [-0.4, -0.2) is 46.8 Å². The normalized spacial score (nSPS) is 24.1. The van der Waals surface area contributed by atoms with Crippen LogP contribution in [0.2, 0.25) is 0 Å². The maximum Gasteiger partial charge on any atom is 0.419 e. The molecule has 0 unspecified atom stereocenters. The number of carbonyl (C=O) groups is 1. The van der Waals surface area contributed by atoms with Gasteiger partial charge in [0, 0.05) is 13.0 Å². The van der Waals surface area contributed by atoms with Gasteiger partial charge in [0.05, 0.1) is 12.6 Å². The lowest BCUT2D eigenvalue weighted by molar-refractivity contribution is -0.253. The standard InChI is InChI=1S/C14H17F3N2O2/c15-14(16,17)13(21)6-7-19(9-13)12(20)11(18)8-10-4-2-1-3-5-10/h1-5,11,21H,6-9,18H2/t11-,13-/m0/s1. The molecule has 1 aliphatic rings. The summed E-state index contributed by atoms with van der Waals surface area (Å²) in [7, 11) is 0. The van der Waals surface area contributed by atoms with Crippen molar-refractivity contribution in [1.29, 1.82) is 0 Å². The van der Waals surface area contributed by atoms with Gasteiger partial charge in [0.2, 0.25) is 5.91 Å². The van der Waals surface area contributed by atoms with Crippen LogP contribution in [0, 0.1) is 0 Å². The molecule has 2 atom stereocenters. The molecule has 1 amide bonds. The van der Waals surface area contributed by atoms with Crippen LogP contribution in [0.15, 0.2) is 30.3 Å². The second-order valence-corrected chi connectivity index (χ2v) is 5.34. The monoisotopic (exact) mass is 302 g/mol. The zero-order valence-corrected chi connectivity index (χ0v) is 11.3. The number of aliphatic hydroxyl groups is 1. The lowest BCUT2D eigenvalue weighted by Gasteiger charge is -2.26. The molecule has 0 aliphatic carbocycles. The van der Waals surface area contributed by atoms with Gasteiger partial charge in [0.25, 0.3) is 0 Å². The van der Waals surface area contributed by atoms with Crippen LogP contribution in [0.4, 0.5) is 13.2 Å². The van der Waals surface area contributed by atoms with Gasteiger partial charge in [-0.2, -0.15) is 13.2 Å². The lowest BCUT2D eigenvalue weighted by atomic mass is 10.0. The summed E-state index contributed by atoms with van der Waals surface area (Å²) in [5.74, 6) is -0.570. The fraction of sp³-hybridized carbons (Fsp3) is 0.500. The first kappa shape index (κ1) is 15.8. The molecular weight excluding hydrogens is 285 g/mol. The van der Waals surface area contributed by atoms with Crippen LogP contribution < -0.4 is 5.73 Å². The van der Waals surface area contributed by atoms with Crippen LogP contribution >= 0.6 is 0 Å². The van der Waals surface area contributed by atoms with Gasteiger partial charge in [-0.25, -0.2) is 0 Å². The third-order valence-electron chi connectivity index (χ3n) is 3.70. The number of β-amino-alcohol motifs (C(OH)–C–C–N with tert-alkyl or cyclic N) is 1. The minimum absolute atomic E-state index is 0.142. The Labute approximate surface area is 120 Å². The molecule has 116 valence electrons. The van der Waals surface area contributed by atoms with E-state index in [9.17, 15) is 23.1 Å². The van der Waals surface area contributed by atoms with Crippen molar-refractivity contribution in [3.63, 3.8) is 0 Å². The summed E-state index contributed by atoms with van der Waals surface area (Å²) in [6.45, 7) is -0.894. The summed E-state index contributed by atoms with van der Waals surface area (Å²) in [6.07, 6.45) is -5.01. The van der Waals surface area contributed by atoms with E-state index in [0.29, 0.717) is 0 Å². The van der Waals surface area contributed by atoms with Gasteiger partial charge < -0.3 is 15.7 Å². The number of alkyl halides is 3. The first-order valence-corrected chi connectivity index (χ1v) is 6.60. The predicted octanol–water partition coefficient (Wildman–Crippen LogP) is 1.08.